The average Bonchev–Trinajstić information content (AvgIpc) is 4.17. The minimum absolute atomic E-state index is 0.0509. The number of hydrogen-bond donors (Lipinski definition) is 2. The number of ether oxygens (including phenoxy) is 1. The highest BCUT2D eigenvalue weighted by Crippen LogP contribution is 2.45. The second-order valence-corrected chi connectivity index (χ2v) is 20.8. The molecule has 352 valence electrons. The van der Waals surface area contributed by atoms with Crippen LogP contribution in [-0.2, 0) is 21.5 Å². The maximum absolute atomic E-state index is 14.3. The van der Waals surface area contributed by atoms with E-state index in [4.69, 9.17) is 26.0 Å². The molecule has 2 fully saturated rings. The Morgan fingerprint density at radius 1 is 1.01 bits per heavy atom. The second-order valence-electron chi connectivity index (χ2n) is 19.6. The fourth-order valence-corrected chi connectivity index (χ4v) is 11.6. The summed E-state index contributed by atoms with van der Waals surface area (Å²) in [6.07, 6.45) is 6.81. The number of fused-ring (bicyclic) bond motifs is 5. The molecule has 68 heavy (non-hydrogen) atoms. The zero-order valence-corrected chi connectivity index (χ0v) is 40.6. The Kier molecular flexibility index (Phi) is 12.1. The molecule has 2 aliphatic heterocycles. The number of amides is 2. The standard InChI is InChI=1S/C52H55ClN8O6S/c1-28(2)45(50(65)60-26-36(62)21-42(60)48(63)56-29(3)32-12-14-33(15-13-32)47-30(4)54-27-68-47)43-22-44(58-67-43)66-37-17-10-31(11-18-37)24-59-25-35(23-55-59)34-16-19-38-41(20-34)61-40-9-7-8-39(53)46(40)49(64)57-51(61)52(38,5)6/h7-9,12-16,19-20,22-23,25,27-29,31,36-37,42,45,62H,10-11,17-18,21,24,26H2,1-6H3,(H,56,63)/t29-,31?,36+,37?,42-,45+/m0/s1. The van der Waals surface area contributed by atoms with Crippen LogP contribution in [0.25, 0.3) is 38.2 Å². The van der Waals surface area contributed by atoms with Gasteiger partial charge < -0.3 is 24.6 Å². The van der Waals surface area contributed by atoms with Gasteiger partial charge in [0.1, 0.15) is 23.9 Å². The van der Waals surface area contributed by atoms with Crippen molar-refractivity contribution in [2.24, 2.45) is 11.8 Å². The van der Waals surface area contributed by atoms with Gasteiger partial charge in [-0.1, -0.05) is 67.9 Å². The first-order valence-corrected chi connectivity index (χ1v) is 24.7. The number of thiazole rings is 1. The fourth-order valence-electron chi connectivity index (χ4n) is 10.5. The summed E-state index contributed by atoms with van der Waals surface area (Å²) in [5, 5.41) is 23.6. The molecule has 4 atom stereocenters. The van der Waals surface area contributed by atoms with Gasteiger partial charge in [0.25, 0.3) is 11.4 Å². The Labute approximate surface area is 403 Å². The van der Waals surface area contributed by atoms with E-state index in [-0.39, 0.29) is 48.4 Å². The van der Waals surface area contributed by atoms with Crippen LogP contribution >= 0.6 is 22.9 Å². The van der Waals surface area contributed by atoms with Gasteiger partial charge in [0.05, 0.1) is 61.5 Å². The summed E-state index contributed by atoms with van der Waals surface area (Å²) in [6.45, 7) is 12.8. The molecule has 10 rings (SSSR count). The van der Waals surface area contributed by atoms with Gasteiger partial charge in [-0.3, -0.25) is 23.6 Å². The van der Waals surface area contributed by atoms with Crippen molar-refractivity contribution in [3.63, 3.8) is 0 Å². The van der Waals surface area contributed by atoms with Gasteiger partial charge in [-0.05, 0) is 111 Å². The smallest absolute Gasteiger partial charge is 0.282 e. The highest BCUT2D eigenvalue weighted by Gasteiger charge is 2.44. The van der Waals surface area contributed by atoms with Gasteiger partial charge in [0.2, 0.25) is 11.8 Å². The number of halogens is 1. The first-order chi connectivity index (χ1) is 32.6. The van der Waals surface area contributed by atoms with Crippen molar-refractivity contribution in [1.82, 2.24) is 39.7 Å². The van der Waals surface area contributed by atoms with Crippen molar-refractivity contribution in [2.45, 2.75) is 116 Å². The molecule has 7 aromatic rings. The molecule has 14 nitrogen and oxygen atoms in total. The number of rotatable bonds is 12. The lowest BCUT2D eigenvalue weighted by Gasteiger charge is -2.29. The minimum atomic E-state index is -0.833. The molecule has 2 amide bonds. The topological polar surface area (TPSA) is 170 Å². The number of nitrogens with one attached hydrogen (secondary N) is 1. The van der Waals surface area contributed by atoms with Gasteiger partial charge in [-0.25, -0.2) is 4.98 Å². The maximum Gasteiger partial charge on any atom is 0.282 e. The van der Waals surface area contributed by atoms with E-state index in [0.29, 0.717) is 33.8 Å². The van der Waals surface area contributed by atoms with Crippen molar-refractivity contribution in [2.75, 3.05) is 6.54 Å². The zero-order chi connectivity index (χ0) is 47.6. The van der Waals surface area contributed by atoms with Crippen molar-refractivity contribution < 1.29 is 24.0 Å². The third-order valence-corrected chi connectivity index (χ3v) is 15.5. The van der Waals surface area contributed by atoms with Crippen LogP contribution in [0.2, 0.25) is 5.02 Å². The number of aliphatic hydroxyl groups is 1. The molecule has 6 heterocycles. The predicted molar refractivity (Wildman–Crippen MR) is 261 cm³/mol. The molecule has 4 aromatic heterocycles. The van der Waals surface area contributed by atoms with Crippen LogP contribution in [0.15, 0.2) is 94.0 Å². The molecular formula is C52H55ClN8O6S. The number of β-amino-alcohol motifs (C(OH)–C–C–N with tert-alkyl or cyclic N) is 1. The van der Waals surface area contributed by atoms with Crippen LogP contribution in [0.4, 0.5) is 0 Å². The lowest BCUT2D eigenvalue weighted by Crippen LogP contribution is -2.48. The van der Waals surface area contributed by atoms with Crippen LogP contribution < -0.4 is 15.6 Å². The van der Waals surface area contributed by atoms with Gasteiger partial charge in [-0.2, -0.15) is 10.1 Å². The molecule has 16 heteroatoms. The van der Waals surface area contributed by atoms with Crippen molar-refractivity contribution >= 4 is 45.7 Å². The van der Waals surface area contributed by atoms with E-state index < -0.39 is 23.5 Å². The van der Waals surface area contributed by atoms with E-state index in [2.05, 4.69) is 63.3 Å². The first kappa shape index (κ1) is 45.6. The van der Waals surface area contributed by atoms with E-state index >= 15 is 0 Å². The molecule has 2 N–H and O–H groups in total. The number of likely N-dealkylation sites (tertiary alicyclic amines) is 1. The molecule has 1 aliphatic carbocycles. The summed E-state index contributed by atoms with van der Waals surface area (Å²) in [7, 11) is 0. The van der Waals surface area contributed by atoms with E-state index in [9.17, 15) is 19.5 Å². The van der Waals surface area contributed by atoms with Crippen LogP contribution in [-0.4, -0.2) is 76.1 Å². The zero-order valence-electron chi connectivity index (χ0n) is 39.0. The number of aromatic nitrogens is 6. The van der Waals surface area contributed by atoms with Crippen LogP contribution in [0.5, 0.6) is 5.88 Å². The van der Waals surface area contributed by atoms with E-state index in [1.54, 1.807) is 23.5 Å². The fraction of sp³-hybridized carbons (Fsp3) is 0.404. The molecule has 0 unspecified atom stereocenters. The number of hydrogen-bond acceptors (Lipinski definition) is 11. The largest absolute Gasteiger partial charge is 0.472 e. The molecule has 0 bridgehead atoms. The van der Waals surface area contributed by atoms with Crippen molar-refractivity contribution in [1.29, 1.82) is 0 Å². The van der Waals surface area contributed by atoms with Crippen molar-refractivity contribution in [3.8, 4) is 33.1 Å². The molecule has 1 saturated carbocycles. The van der Waals surface area contributed by atoms with E-state index in [0.717, 1.165) is 81.8 Å². The first-order valence-electron chi connectivity index (χ1n) is 23.5. The normalized spacial score (nSPS) is 20.6. The Morgan fingerprint density at radius 3 is 2.51 bits per heavy atom. The minimum Gasteiger partial charge on any atom is -0.472 e. The summed E-state index contributed by atoms with van der Waals surface area (Å²) in [5.74, 6) is 0.293. The van der Waals surface area contributed by atoms with Gasteiger partial charge in [0.15, 0.2) is 5.76 Å². The maximum atomic E-state index is 14.3. The lowest BCUT2D eigenvalue weighted by molar-refractivity contribution is -0.141. The van der Waals surface area contributed by atoms with Gasteiger partial charge in [-0.15, -0.1) is 11.3 Å². The van der Waals surface area contributed by atoms with E-state index in [1.807, 2.05) is 80.5 Å². The lowest BCUT2D eigenvalue weighted by atomic mass is 9.85. The molecule has 1 saturated heterocycles. The second kappa shape index (κ2) is 18.1. The number of nitrogens with zero attached hydrogens (tertiary/aromatic N) is 7. The Hall–Kier alpha value is -6.16. The van der Waals surface area contributed by atoms with Crippen LogP contribution in [0.1, 0.15) is 107 Å². The molecule has 3 aromatic carbocycles. The molecular weight excluding hydrogens is 900 g/mol. The number of carbonyl (C=O) groups is 2. The quantitative estimate of drug-likeness (QED) is 0.120. The summed E-state index contributed by atoms with van der Waals surface area (Å²) in [5.41, 5.74) is 8.85. The van der Waals surface area contributed by atoms with Gasteiger partial charge in [0, 0.05) is 37.3 Å². The summed E-state index contributed by atoms with van der Waals surface area (Å²) in [6, 6.07) is 20.5. The Morgan fingerprint density at radius 2 is 1.78 bits per heavy atom. The number of benzene rings is 3. The summed E-state index contributed by atoms with van der Waals surface area (Å²) < 4.78 is 16.2. The average molecular weight is 956 g/mol. The third kappa shape index (κ3) is 8.42. The molecule has 3 aliphatic rings. The number of aliphatic hydroxyl groups excluding tert-OH is 1. The summed E-state index contributed by atoms with van der Waals surface area (Å²) >= 11 is 8.10. The molecule has 0 radical (unpaired) electrons. The third-order valence-electron chi connectivity index (χ3n) is 14.2. The molecule has 0 spiro atoms. The SMILES string of the molecule is Cc1ncsc1-c1ccc([C@H](C)NC(=O)[C@@H]2C[C@@H](O)CN2C(=O)[C@@H](c2cc(OC3CCC(Cn4cc(-c5ccc6c(c5)-n5c(nc(=O)c7c(Cl)cccc75)C6(C)C)cn4)CC3)no2)C(C)C)cc1. The monoisotopic (exact) mass is 954 g/mol. The Bertz CT molecular complexity index is 3090. The highest BCUT2D eigenvalue weighted by atomic mass is 35.5. The van der Waals surface area contributed by atoms with Crippen molar-refractivity contribution in [3.05, 3.63) is 128 Å². The Balaban J connectivity index is 0.750. The van der Waals surface area contributed by atoms with Gasteiger partial charge >= 0.3 is 0 Å². The number of carbonyl (C=O) groups excluding carboxylic acids is 2. The predicted octanol–water partition coefficient (Wildman–Crippen LogP) is 9.18. The summed E-state index contributed by atoms with van der Waals surface area (Å²) in [4.78, 5) is 52.7. The highest BCUT2D eigenvalue weighted by molar-refractivity contribution is 7.13. The van der Waals surface area contributed by atoms with Crippen LogP contribution in [0.3, 0.4) is 0 Å². The number of aryl methyl sites for hydroxylation is 1. The van der Waals surface area contributed by atoms with Crippen LogP contribution in [0, 0.1) is 18.8 Å². The van der Waals surface area contributed by atoms with E-state index in [1.165, 1.54) is 4.90 Å².